The fraction of sp³-hybridized carbons (Fsp3) is 0.436. The van der Waals surface area contributed by atoms with Crippen LogP contribution in [0.3, 0.4) is 0 Å². The first-order chi connectivity index (χ1) is 25.3. The fourth-order valence-electron chi connectivity index (χ4n) is 6.52. The Kier molecular flexibility index (Phi) is 12.2. The van der Waals surface area contributed by atoms with Gasteiger partial charge >= 0.3 is 12.2 Å². The monoisotopic (exact) mass is 726 g/mol. The molecule has 14 heteroatoms. The lowest BCUT2D eigenvalue weighted by molar-refractivity contribution is -0.136. The van der Waals surface area contributed by atoms with Crippen LogP contribution in [0.5, 0.6) is 0 Å². The third-order valence-electron chi connectivity index (χ3n) is 9.87. The van der Waals surface area contributed by atoms with Gasteiger partial charge in [-0.15, -0.1) is 0 Å². The molecule has 0 spiro atoms. The molecule has 0 radical (unpaired) electrons. The van der Waals surface area contributed by atoms with Crippen LogP contribution in [-0.4, -0.2) is 93.6 Å². The summed E-state index contributed by atoms with van der Waals surface area (Å²) in [7, 11) is 4.25. The van der Waals surface area contributed by atoms with E-state index in [2.05, 4.69) is 54.8 Å². The highest BCUT2D eigenvalue weighted by Gasteiger charge is 2.37. The number of nitrogens with one attached hydrogen (secondary N) is 4. The number of likely N-dealkylation sites (N-methyl/N-ethyl adjacent to an activating group) is 1. The zero-order chi connectivity index (χ0) is 38.4. The van der Waals surface area contributed by atoms with Crippen molar-refractivity contribution in [1.82, 2.24) is 40.4 Å². The molecule has 4 atom stereocenters. The van der Waals surface area contributed by atoms with Crippen LogP contribution in [0.15, 0.2) is 60.9 Å². The van der Waals surface area contributed by atoms with E-state index in [9.17, 15) is 19.2 Å². The van der Waals surface area contributed by atoms with Crippen LogP contribution in [0.2, 0.25) is 0 Å². The molecule has 2 aromatic heterocycles. The molecule has 5 rings (SSSR count). The summed E-state index contributed by atoms with van der Waals surface area (Å²) in [6.45, 7) is 9.99. The van der Waals surface area contributed by atoms with Gasteiger partial charge < -0.3 is 39.9 Å². The molecule has 1 aliphatic heterocycles. The number of rotatable bonds is 12. The van der Waals surface area contributed by atoms with Crippen LogP contribution < -0.4 is 10.6 Å². The minimum Gasteiger partial charge on any atom is -0.453 e. The molecule has 0 aliphatic carbocycles. The smallest absolute Gasteiger partial charge is 0.407 e. The van der Waals surface area contributed by atoms with E-state index in [4.69, 9.17) is 9.47 Å². The maximum atomic E-state index is 13.5. The molecule has 0 saturated carbocycles. The Morgan fingerprint density at radius 2 is 1.25 bits per heavy atom. The molecule has 53 heavy (non-hydrogen) atoms. The topological polar surface area (TPSA) is 175 Å². The van der Waals surface area contributed by atoms with Crippen molar-refractivity contribution in [2.45, 2.75) is 71.6 Å². The molecule has 282 valence electrons. The van der Waals surface area contributed by atoms with Crippen molar-refractivity contribution in [2.75, 3.05) is 27.8 Å². The van der Waals surface area contributed by atoms with Gasteiger partial charge in [0.1, 0.15) is 23.7 Å². The number of ether oxygens (including phenoxy) is 2. The minimum absolute atomic E-state index is 0.106. The third-order valence-corrected chi connectivity index (χ3v) is 9.87. The molecule has 4 N–H and O–H groups in total. The summed E-state index contributed by atoms with van der Waals surface area (Å²) >= 11 is 0. The molecule has 2 aromatic carbocycles. The summed E-state index contributed by atoms with van der Waals surface area (Å²) in [5.74, 6) is 0.723. The second-order valence-corrected chi connectivity index (χ2v) is 14.0. The van der Waals surface area contributed by atoms with E-state index in [-0.39, 0.29) is 35.7 Å². The first-order valence-corrected chi connectivity index (χ1v) is 17.9. The normalized spacial score (nSPS) is 15.9. The number of aromatic amines is 2. The number of alkyl carbamates (subject to hydrolysis) is 2. The Morgan fingerprint density at radius 1 is 0.755 bits per heavy atom. The average Bonchev–Trinajstić information content (AvgIpc) is 3.96. The summed E-state index contributed by atoms with van der Waals surface area (Å²) in [6.07, 6.45) is 3.89. The van der Waals surface area contributed by atoms with Gasteiger partial charge in [-0.1, -0.05) is 76.2 Å². The molecule has 3 heterocycles. The molecule has 1 saturated heterocycles. The maximum absolute atomic E-state index is 13.5. The van der Waals surface area contributed by atoms with Crippen LogP contribution in [0, 0.1) is 11.8 Å². The van der Waals surface area contributed by atoms with Crippen LogP contribution >= 0.6 is 0 Å². The van der Waals surface area contributed by atoms with Gasteiger partial charge in [-0.2, -0.15) is 0 Å². The van der Waals surface area contributed by atoms with Crippen molar-refractivity contribution in [3.63, 3.8) is 0 Å². The number of amides is 4. The van der Waals surface area contributed by atoms with Crippen LogP contribution in [-0.2, 0) is 19.1 Å². The number of H-pyrrole nitrogens is 2. The SMILES string of the molecule is COC(=O)N[C@H](C(=O)N(C)[C@@H](C)c1ncc(-c2ccc(-c3ccc(-c4cnc([C@@H]5CCCN5C(=O)[C@@H](NC(=O)OC)C(C)C)[nH]4)cc3)cc2)[nH]1)C(C)C. The van der Waals surface area contributed by atoms with Crippen molar-refractivity contribution in [3.8, 4) is 33.6 Å². The summed E-state index contributed by atoms with van der Waals surface area (Å²) < 4.78 is 9.45. The molecular weight excluding hydrogens is 676 g/mol. The Hall–Kier alpha value is -5.66. The van der Waals surface area contributed by atoms with Crippen LogP contribution in [0.4, 0.5) is 9.59 Å². The van der Waals surface area contributed by atoms with Crippen LogP contribution in [0.1, 0.15) is 71.2 Å². The number of aromatic nitrogens is 4. The van der Waals surface area contributed by atoms with E-state index >= 15 is 0 Å². The van der Waals surface area contributed by atoms with Crippen molar-refractivity contribution in [3.05, 3.63) is 72.6 Å². The number of likely N-dealkylation sites (tertiary alicyclic amines) is 1. The number of hydrogen-bond acceptors (Lipinski definition) is 8. The van der Waals surface area contributed by atoms with E-state index in [1.54, 1.807) is 29.2 Å². The first-order valence-electron chi connectivity index (χ1n) is 17.9. The molecule has 4 amide bonds. The van der Waals surface area contributed by atoms with E-state index in [0.29, 0.717) is 12.4 Å². The van der Waals surface area contributed by atoms with E-state index < -0.39 is 24.3 Å². The Labute approximate surface area is 310 Å². The highest BCUT2D eigenvalue weighted by atomic mass is 16.5. The first kappa shape index (κ1) is 38.6. The number of methoxy groups -OCH3 is 2. The number of carbonyl (C=O) groups is 4. The molecule has 0 unspecified atom stereocenters. The van der Waals surface area contributed by atoms with Crippen molar-refractivity contribution < 1.29 is 28.7 Å². The second kappa shape index (κ2) is 16.8. The maximum Gasteiger partial charge on any atom is 0.407 e. The van der Waals surface area contributed by atoms with Gasteiger partial charge in [0.25, 0.3) is 0 Å². The van der Waals surface area contributed by atoms with Crippen molar-refractivity contribution in [2.24, 2.45) is 11.8 Å². The fourth-order valence-corrected chi connectivity index (χ4v) is 6.52. The van der Waals surface area contributed by atoms with Gasteiger partial charge in [0.15, 0.2) is 0 Å². The molecule has 0 bridgehead atoms. The molecule has 1 aliphatic rings. The number of carbonyl (C=O) groups excluding carboxylic acids is 4. The molecular formula is C39H50N8O6. The lowest BCUT2D eigenvalue weighted by atomic mass is 10.0. The summed E-state index contributed by atoms with van der Waals surface area (Å²) in [5.41, 5.74) is 5.68. The van der Waals surface area contributed by atoms with Gasteiger partial charge in [-0.25, -0.2) is 19.6 Å². The number of hydrogen-bond donors (Lipinski definition) is 4. The van der Waals surface area contributed by atoms with Gasteiger partial charge in [0.05, 0.1) is 50.1 Å². The second-order valence-electron chi connectivity index (χ2n) is 14.0. The van der Waals surface area contributed by atoms with Gasteiger partial charge in [-0.3, -0.25) is 9.59 Å². The molecule has 1 fully saturated rings. The quantitative estimate of drug-likeness (QED) is 0.136. The summed E-state index contributed by atoms with van der Waals surface area (Å²) in [6, 6.07) is 14.4. The van der Waals surface area contributed by atoms with Gasteiger partial charge in [-0.05, 0) is 53.9 Å². The summed E-state index contributed by atoms with van der Waals surface area (Å²) in [4.78, 5) is 69.9. The lowest BCUT2D eigenvalue weighted by Crippen LogP contribution is -2.51. The largest absolute Gasteiger partial charge is 0.453 e. The molecule has 14 nitrogen and oxygen atoms in total. The summed E-state index contributed by atoms with van der Waals surface area (Å²) in [5, 5.41) is 5.32. The van der Waals surface area contributed by atoms with Crippen molar-refractivity contribution >= 4 is 24.0 Å². The van der Waals surface area contributed by atoms with Gasteiger partial charge in [0.2, 0.25) is 11.8 Å². The highest BCUT2D eigenvalue weighted by Crippen LogP contribution is 2.33. The Bertz CT molecular complexity index is 1880. The number of imidazole rings is 2. The van der Waals surface area contributed by atoms with E-state index in [0.717, 1.165) is 52.3 Å². The third kappa shape index (κ3) is 8.70. The number of nitrogens with zero attached hydrogens (tertiary/aromatic N) is 4. The number of benzene rings is 2. The average molecular weight is 727 g/mol. The Balaban J connectivity index is 1.23. The standard InChI is InChI=1S/C39H50N8O6/c1-22(2)32(44-38(50)52-7)36(48)46(6)24(5)34-40-20-29(42-34)27-15-11-25(12-16-27)26-13-17-28(18-14-26)30-21-41-35(43-30)31-10-9-19-47(31)37(49)33(23(3)4)45-39(51)53-8/h11-18,20-24,31-33H,9-10,19H2,1-8H3,(H,40,42)(H,41,43)(H,44,50)(H,45,51)/t24-,31-,32-,33-/m0/s1. The highest BCUT2D eigenvalue weighted by molar-refractivity contribution is 5.87. The van der Waals surface area contributed by atoms with Crippen molar-refractivity contribution in [1.29, 1.82) is 0 Å². The lowest BCUT2D eigenvalue weighted by Gasteiger charge is -2.30. The zero-order valence-electron chi connectivity index (χ0n) is 31.6. The van der Waals surface area contributed by atoms with E-state index in [1.807, 2.05) is 58.9 Å². The minimum atomic E-state index is -0.732. The Morgan fingerprint density at radius 3 is 1.77 bits per heavy atom. The van der Waals surface area contributed by atoms with Gasteiger partial charge in [0, 0.05) is 13.6 Å². The van der Waals surface area contributed by atoms with E-state index in [1.165, 1.54) is 14.2 Å². The predicted octanol–water partition coefficient (Wildman–Crippen LogP) is 6.08. The van der Waals surface area contributed by atoms with Crippen LogP contribution in [0.25, 0.3) is 33.6 Å². The zero-order valence-corrected chi connectivity index (χ0v) is 31.6. The predicted molar refractivity (Wildman–Crippen MR) is 200 cm³/mol. The molecule has 4 aromatic rings.